The summed E-state index contributed by atoms with van der Waals surface area (Å²) in [7, 11) is 0. The first kappa shape index (κ1) is 79.6. The molecule has 11 heterocycles. The Labute approximate surface area is 815 Å². The molecule has 14 nitrogen and oxygen atoms in total. The molecule has 0 radical (unpaired) electrons. The Bertz CT molecular complexity index is 10900. The second kappa shape index (κ2) is 31.5. The second-order valence-electron chi connectivity index (χ2n) is 37.1. The van der Waals surface area contributed by atoms with Crippen molar-refractivity contribution in [2.75, 3.05) is 0 Å². The van der Waals surface area contributed by atoms with E-state index in [0.29, 0.717) is 0 Å². The molecule has 0 aliphatic heterocycles. The highest BCUT2D eigenvalue weighted by atomic mass is 16.3. The standard InChI is InChI=1S/C49H28N4O2.C43H28N4.C37H24N4/c1-5-13-40-33(9-1)36-25-29(17-21-41(36)51(40)31-19-23-47-37(27-31)34-10-2-7-15-45(34)54-47)30-18-22-43-44(26-30)53-42-14-6-4-12-39(42)50-49(53)52(43)32-20-24-48-38(28-32)35-11-3-8-16-46(35)55-48;1-3-12-29(13-4-1)30-14-11-17-34(26-30)46-41-25-23-32(28-42(41)47-40-21-10-8-19-37(40)44-43(46)47)31-22-24-39-36(27-31)35-18-7-9-20-38(35)45(39)33-15-5-2-6-16-33;1-3-11-27(12-4-1)39-32-17-9-7-15-29(32)30-23-25(19-21-33(30)39)26-20-22-35-36(24-26)41-34-18-10-8-16-31(34)38-37(41)40(35)28-13-5-2-6-14-28/h1-28H;1-28H;1-24H. The molecule has 11 aromatic heterocycles. The average molecular weight is 1830 g/mol. The van der Waals surface area contributed by atoms with Gasteiger partial charge in [0.05, 0.1) is 105 Å². The van der Waals surface area contributed by atoms with Gasteiger partial charge in [-0.1, -0.05) is 261 Å². The minimum absolute atomic E-state index is 0.875. The first-order valence-electron chi connectivity index (χ1n) is 48.4. The zero-order valence-corrected chi connectivity index (χ0v) is 76.9. The first-order valence-corrected chi connectivity index (χ1v) is 48.4. The van der Waals surface area contributed by atoms with E-state index in [0.717, 1.165) is 167 Å². The van der Waals surface area contributed by atoms with Gasteiger partial charge in [-0.05, 0) is 269 Å². The SMILES string of the molecule is c1ccc(-c2cccc(-n3c4ccc(-c5ccc6c(c5)c5ccccc5n6-c5ccccc5)cc4n4c5ccccc5nc34)c2)cc1.c1ccc(-n2c3ccccc3c3cc(-c4ccc5c(c4)n4c6ccccc6nc4n5-c4ccccc4)ccc32)cc1.c1ccc2c(c1)nc1n(-c3ccc4oc5ccccc5c4c3)c3ccc(-c4ccc5c(c4)c4ccccc4n5-c4ccc5oc6ccccc6c5c4)cc3n21. The molecule has 668 valence electrons. The van der Waals surface area contributed by atoms with Gasteiger partial charge in [0.1, 0.15) is 22.3 Å². The van der Waals surface area contributed by atoms with Gasteiger partial charge in [-0.2, -0.15) is 0 Å². The number of para-hydroxylation sites is 14. The Balaban J connectivity index is 0.000000101. The normalized spacial score (nSPS) is 12.1. The number of hydrogen-bond donors (Lipinski definition) is 0. The summed E-state index contributed by atoms with van der Waals surface area (Å²) in [6.45, 7) is 0. The fraction of sp³-hybridized carbons (Fsp3) is 0. The third kappa shape index (κ3) is 12.4. The molecule has 0 spiro atoms. The van der Waals surface area contributed by atoms with Crippen LogP contribution in [-0.4, -0.2) is 55.6 Å². The van der Waals surface area contributed by atoms with Crippen LogP contribution < -0.4 is 0 Å². The van der Waals surface area contributed by atoms with Gasteiger partial charge in [0.25, 0.3) is 0 Å². The number of rotatable bonds is 10. The molecule has 0 bridgehead atoms. The highest BCUT2D eigenvalue weighted by Gasteiger charge is 2.27. The van der Waals surface area contributed by atoms with E-state index in [9.17, 15) is 0 Å². The van der Waals surface area contributed by atoms with Gasteiger partial charge < -0.3 is 22.5 Å². The molecule has 0 N–H and O–H groups in total. The van der Waals surface area contributed by atoms with Crippen LogP contribution in [0, 0.1) is 0 Å². The predicted octanol–water partition coefficient (Wildman–Crippen LogP) is 33.1. The number of hydrogen-bond acceptors (Lipinski definition) is 5. The van der Waals surface area contributed by atoms with Crippen LogP contribution in [0.5, 0.6) is 0 Å². The maximum Gasteiger partial charge on any atom is 0.220 e. The maximum absolute atomic E-state index is 6.19. The lowest BCUT2D eigenvalue weighted by Gasteiger charge is -2.10. The summed E-state index contributed by atoms with van der Waals surface area (Å²) in [4.78, 5) is 15.4. The van der Waals surface area contributed by atoms with Crippen LogP contribution in [0.25, 0.3) is 271 Å². The molecular formula is C129H80N12O2. The van der Waals surface area contributed by atoms with E-state index in [2.05, 4.69) is 502 Å². The van der Waals surface area contributed by atoms with Crippen molar-refractivity contribution in [2.45, 2.75) is 0 Å². The second-order valence-corrected chi connectivity index (χ2v) is 37.1. The molecule has 32 rings (SSSR count). The minimum atomic E-state index is 0.875. The maximum atomic E-state index is 6.19. The number of aromatic nitrogens is 12. The molecule has 0 aliphatic carbocycles. The lowest BCUT2D eigenvalue weighted by atomic mass is 10.0. The Morgan fingerprint density at radius 2 is 0.392 bits per heavy atom. The largest absolute Gasteiger partial charge is 0.456 e. The quantitative estimate of drug-likeness (QED) is 0.136. The fourth-order valence-electron chi connectivity index (χ4n) is 22.7. The van der Waals surface area contributed by atoms with Crippen LogP contribution in [0.4, 0.5) is 0 Å². The number of imidazole rings is 6. The third-order valence-corrected chi connectivity index (χ3v) is 29.1. The van der Waals surface area contributed by atoms with Crippen molar-refractivity contribution in [2.24, 2.45) is 0 Å². The zero-order chi connectivity index (χ0) is 93.6. The van der Waals surface area contributed by atoms with Crippen molar-refractivity contribution in [1.82, 2.24) is 55.6 Å². The summed E-state index contributed by atoms with van der Waals surface area (Å²) >= 11 is 0. The number of benzene rings is 21. The fourth-order valence-corrected chi connectivity index (χ4v) is 22.7. The van der Waals surface area contributed by atoms with Gasteiger partial charge >= 0.3 is 0 Å². The van der Waals surface area contributed by atoms with Crippen molar-refractivity contribution in [3.05, 3.63) is 485 Å². The Morgan fingerprint density at radius 1 is 0.133 bits per heavy atom. The summed E-state index contributed by atoms with van der Waals surface area (Å²) in [6, 6.07) is 173. The van der Waals surface area contributed by atoms with Gasteiger partial charge in [0, 0.05) is 82.3 Å². The number of fused-ring (bicyclic) bond motifs is 30. The Hall–Kier alpha value is -19.6. The highest BCUT2D eigenvalue weighted by molar-refractivity contribution is 6.15. The van der Waals surface area contributed by atoms with E-state index in [1.807, 2.05) is 24.3 Å². The van der Waals surface area contributed by atoms with Crippen LogP contribution >= 0.6 is 0 Å². The molecular weight excluding hydrogens is 1750 g/mol. The monoisotopic (exact) mass is 1830 g/mol. The number of furan rings is 2. The molecule has 32 aromatic rings. The molecule has 0 fully saturated rings. The molecule has 14 heteroatoms. The van der Waals surface area contributed by atoms with Gasteiger partial charge in [-0.15, -0.1) is 0 Å². The van der Waals surface area contributed by atoms with E-state index < -0.39 is 0 Å². The molecule has 0 atom stereocenters. The van der Waals surface area contributed by atoms with E-state index in [4.69, 9.17) is 23.8 Å². The van der Waals surface area contributed by atoms with Crippen LogP contribution in [0.2, 0.25) is 0 Å². The summed E-state index contributed by atoms with van der Waals surface area (Å²) in [5, 5.41) is 11.9. The average Bonchev–Trinajstić information content (AvgIpc) is 1.56. The third-order valence-electron chi connectivity index (χ3n) is 29.1. The van der Waals surface area contributed by atoms with Crippen LogP contribution in [0.3, 0.4) is 0 Å². The lowest BCUT2D eigenvalue weighted by molar-refractivity contribution is 0.668. The van der Waals surface area contributed by atoms with Crippen LogP contribution in [0.1, 0.15) is 0 Å². The van der Waals surface area contributed by atoms with E-state index >= 15 is 0 Å². The van der Waals surface area contributed by atoms with Crippen LogP contribution in [-0.2, 0) is 0 Å². The van der Waals surface area contributed by atoms with Gasteiger partial charge in [-0.3, -0.25) is 26.9 Å². The van der Waals surface area contributed by atoms with Gasteiger partial charge in [-0.25, -0.2) is 15.0 Å². The van der Waals surface area contributed by atoms with E-state index in [-0.39, 0.29) is 0 Å². The van der Waals surface area contributed by atoms with Crippen molar-refractivity contribution in [1.29, 1.82) is 0 Å². The molecule has 0 amide bonds. The molecule has 143 heavy (non-hydrogen) atoms. The van der Waals surface area contributed by atoms with Gasteiger partial charge in [0.2, 0.25) is 17.3 Å². The van der Waals surface area contributed by atoms with E-state index in [1.165, 1.54) is 105 Å². The smallest absolute Gasteiger partial charge is 0.220 e. The highest BCUT2D eigenvalue weighted by Crippen LogP contribution is 2.45. The molecule has 21 aromatic carbocycles. The topological polar surface area (TPSA) is 108 Å². The molecule has 0 saturated heterocycles. The molecule has 0 saturated carbocycles. The van der Waals surface area contributed by atoms with Crippen molar-refractivity contribution in [3.8, 4) is 78.6 Å². The summed E-state index contributed by atoms with van der Waals surface area (Å²) < 4.78 is 33.2. The number of nitrogens with zero attached hydrogens (tertiary/aromatic N) is 12. The lowest BCUT2D eigenvalue weighted by Crippen LogP contribution is -1.95. The minimum Gasteiger partial charge on any atom is -0.456 e. The summed E-state index contributed by atoms with van der Waals surface area (Å²) in [5.74, 6) is 2.71. The Kier molecular flexibility index (Phi) is 17.5. The molecule has 0 aliphatic rings. The summed E-state index contributed by atoms with van der Waals surface area (Å²) in [6.07, 6.45) is 0. The van der Waals surface area contributed by atoms with E-state index in [1.54, 1.807) is 0 Å². The van der Waals surface area contributed by atoms with Gasteiger partial charge in [0.15, 0.2) is 0 Å². The molecule has 0 unspecified atom stereocenters. The summed E-state index contributed by atoms with van der Waals surface area (Å²) in [5.41, 5.74) is 39.8. The van der Waals surface area contributed by atoms with Crippen molar-refractivity contribution >= 4 is 193 Å². The van der Waals surface area contributed by atoms with Crippen molar-refractivity contribution in [3.63, 3.8) is 0 Å². The Morgan fingerprint density at radius 3 is 0.783 bits per heavy atom. The van der Waals surface area contributed by atoms with Crippen molar-refractivity contribution < 1.29 is 8.83 Å². The van der Waals surface area contributed by atoms with Crippen LogP contribution in [0.15, 0.2) is 494 Å². The predicted molar refractivity (Wildman–Crippen MR) is 588 cm³/mol. The zero-order valence-electron chi connectivity index (χ0n) is 76.9. The first-order chi connectivity index (χ1) is 70.9.